The van der Waals surface area contributed by atoms with Crippen LogP contribution in [-0.4, -0.2) is 13.0 Å². The van der Waals surface area contributed by atoms with Crippen LogP contribution in [0.1, 0.15) is 26.7 Å². The van der Waals surface area contributed by atoms with Crippen molar-refractivity contribution >= 4 is 5.91 Å². The fraction of sp³-hybridized carbons (Fsp3) is 0.417. The molecule has 0 heterocycles. The van der Waals surface area contributed by atoms with Crippen LogP contribution < -0.4 is 10.9 Å². The minimum Gasteiger partial charge on any atom is -0.288 e. The van der Waals surface area contributed by atoms with Crippen molar-refractivity contribution in [2.75, 3.05) is 7.05 Å². The highest BCUT2D eigenvalue weighted by molar-refractivity contribution is 5.95. The number of hydrogen-bond acceptors (Lipinski definition) is 2. The van der Waals surface area contributed by atoms with Crippen LogP contribution >= 0.6 is 0 Å². The molecule has 0 aromatic heterocycles. The zero-order valence-electron chi connectivity index (χ0n) is 9.71. The topological polar surface area (TPSA) is 41.1 Å². The van der Waals surface area contributed by atoms with E-state index in [9.17, 15) is 4.79 Å². The first kappa shape index (κ1) is 13.7. The molecule has 0 radical (unpaired) electrons. The molecule has 0 saturated carbocycles. The molecule has 0 aliphatic rings. The number of amides is 1. The zero-order chi connectivity index (χ0) is 11.5. The normalized spacial score (nSPS) is 12.6. The lowest BCUT2D eigenvalue weighted by atomic mass is 10.2. The third-order valence-electron chi connectivity index (χ3n) is 1.72. The maximum absolute atomic E-state index is 11.5. The van der Waals surface area contributed by atoms with Gasteiger partial charge in [-0.25, -0.2) is 5.43 Å². The summed E-state index contributed by atoms with van der Waals surface area (Å²) < 4.78 is 0. The van der Waals surface area contributed by atoms with Crippen LogP contribution in [0.2, 0.25) is 0 Å². The predicted molar refractivity (Wildman–Crippen MR) is 64.1 cm³/mol. The molecule has 0 atom stereocenters. The summed E-state index contributed by atoms with van der Waals surface area (Å²) >= 11 is 0. The van der Waals surface area contributed by atoms with Gasteiger partial charge >= 0.3 is 0 Å². The predicted octanol–water partition coefficient (Wildman–Crippen LogP) is 2.10. The van der Waals surface area contributed by atoms with Crippen molar-refractivity contribution in [1.29, 1.82) is 0 Å². The third kappa shape index (κ3) is 6.69. The van der Waals surface area contributed by atoms with Gasteiger partial charge in [-0.05, 0) is 19.8 Å². The van der Waals surface area contributed by atoms with Gasteiger partial charge in [0.15, 0.2) is 0 Å². The maximum atomic E-state index is 11.5. The first-order valence-electron chi connectivity index (χ1n) is 5.21. The number of carbonyl (C=O) groups excluding carboxylic acids is 1. The zero-order valence-corrected chi connectivity index (χ0v) is 9.71. The van der Waals surface area contributed by atoms with Gasteiger partial charge in [0.1, 0.15) is 0 Å². The molecule has 2 N–H and O–H groups in total. The van der Waals surface area contributed by atoms with Crippen molar-refractivity contribution in [3.05, 3.63) is 36.0 Å². The Morgan fingerprint density at radius 3 is 2.60 bits per heavy atom. The summed E-state index contributed by atoms with van der Waals surface area (Å²) in [7, 11) is 1.67. The summed E-state index contributed by atoms with van der Waals surface area (Å²) in [5.74, 6) is -0.111. The van der Waals surface area contributed by atoms with Gasteiger partial charge in [-0.2, -0.15) is 0 Å². The lowest BCUT2D eigenvalue weighted by Gasteiger charge is -2.02. The lowest BCUT2D eigenvalue weighted by molar-refractivity contribution is -0.118. The Balaban J connectivity index is 4.37. The van der Waals surface area contributed by atoms with Gasteiger partial charge < -0.3 is 0 Å². The van der Waals surface area contributed by atoms with Crippen molar-refractivity contribution in [3.63, 3.8) is 0 Å². The van der Waals surface area contributed by atoms with Crippen LogP contribution in [-0.2, 0) is 4.79 Å². The average molecular weight is 208 g/mol. The highest BCUT2D eigenvalue weighted by atomic mass is 16.2. The molecule has 0 saturated heterocycles. The molecule has 3 nitrogen and oxygen atoms in total. The molecule has 0 aliphatic carbocycles. The smallest absolute Gasteiger partial charge is 0.265 e. The highest BCUT2D eigenvalue weighted by Gasteiger charge is 2.02. The van der Waals surface area contributed by atoms with Gasteiger partial charge in [-0.3, -0.25) is 10.2 Å². The molecule has 3 heteroatoms. The molecular formula is C12H20N2O. The molecule has 0 bridgehead atoms. The van der Waals surface area contributed by atoms with Crippen molar-refractivity contribution in [2.45, 2.75) is 26.7 Å². The van der Waals surface area contributed by atoms with E-state index >= 15 is 0 Å². The third-order valence-corrected chi connectivity index (χ3v) is 1.72. The Kier molecular flexibility index (Phi) is 8.39. The van der Waals surface area contributed by atoms with E-state index in [1.807, 2.05) is 19.1 Å². The van der Waals surface area contributed by atoms with Crippen LogP contribution in [0.4, 0.5) is 0 Å². The Hall–Kier alpha value is -1.35. The Labute approximate surface area is 91.9 Å². The monoisotopic (exact) mass is 208 g/mol. The van der Waals surface area contributed by atoms with E-state index in [0.29, 0.717) is 5.57 Å². The molecule has 0 aromatic carbocycles. The molecule has 0 spiro atoms. The fourth-order valence-electron chi connectivity index (χ4n) is 1.06. The Morgan fingerprint density at radius 1 is 1.33 bits per heavy atom. The van der Waals surface area contributed by atoms with Crippen molar-refractivity contribution in [3.8, 4) is 0 Å². The van der Waals surface area contributed by atoms with E-state index in [0.717, 1.165) is 12.8 Å². The van der Waals surface area contributed by atoms with Crippen LogP contribution in [0.5, 0.6) is 0 Å². The standard InChI is InChI=1S/C12H20N2O/c1-4-6-7-8-10-11(9-5-2)12(15)14-13-3/h5-7,9-10,13H,4,8H2,1-3H3,(H,14,15)/b7-6+,9-5-,11-10+. The first-order valence-corrected chi connectivity index (χ1v) is 5.21. The largest absolute Gasteiger partial charge is 0.288 e. The van der Waals surface area contributed by atoms with Crippen LogP contribution in [0.15, 0.2) is 36.0 Å². The van der Waals surface area contributed by atoms with Crippen molar-refractivity contribution < 1.29 is 4.79 Å². The molecular weight excluding hydrogens is 188 g/mol. The molecule has 0 rings (SSSR count). The summed E-state index contributed by atoms with van der Waals surface area (Å²) in [6.45, 7) is 3.98. The Morgan fingerprint density at radius 2 is 2.07 bits per heavy atom. The number of hydrogen-bond donors (Lipinski definition) is 2. The van der Waals surface area contributed by atoms with Crippen LogP contribution in [0.25, 0.3) is 0 Å². The van der Waals surface area contributed by atoms with Gasteiger partial charge in [0.25, 0.3) is 5.91 Å². The highest BCUT2D eigenvalue weighted by Crippen LogP contribution is 2.00. The van der Waals surface area contributed by atoms with Gasteiger partial charge in [-0.15, -0.1) is 0 Å². The molecule has 0 aromatic rings. The second kappa shape index (κ2) is 9.21. The Bertz CT molecular complexity index is 265. The van der Waals surface area contributed by atoms with Gasteiger partial charge in [0.2, 0.25) is 0 Å². The van der Waals surface area contributed by atoms with Crippen LogP contribution in [0, 0.1) is 0 Å². The van der Waals surface area contributed by atoms with Crippen molar-refractivity contribution in [1.82, 2.24) is 10.9 Å². The molecule has 0 unspecified atom stereocenters. The second-order valence-corrected chi connectivity index (χ2v) is 2.98. The maximum Gasteiger partial charge on any atom is 0.265 e. The van der Waals surface area contributed by atoms with Crippen molar-refractivity contribution in [2.24, 2.45) is 0 Å². The van der Waals surface area contributed by atoms with E-state index in [-0.39, 0.29) is 5.91 Å². The molecule has 15 heavy (non-hydrogen) atoms. The van der Waals surface area contributed by atoms with E-state index in [4.69, 9.17) is 0 Å². The molecule has 84 valence electrons. The number of allylic oxidation sites excluding steroid dienone is 4. The number of carbonyl (C=O) groups is 1. The van der Waals surface area contributed by atoms with Gasteiger partial charge in [-0.1, -0.05) is 37.3 Å². The quantitative estimate of drug-likeness (QED) is 0.304. The van der Waals surface area contributed by atoms with E-state index in [1.54, 1.807) is 13.1 Å². The summed E-state index contributed by atoms with van der Waals surface area (Å²) in [4.78, 5) is 11.5. The van der Waals surface area contributed by atoms with Gasteiger partial charge in [0.05, 0.1) is 0 Å². The summed E-state index contributed by atoms with van der Waals surface area (Å²) in [6.07, 6.45) is 11.5. The summed E-state index contributed by atoms with van der Waals surface area (Å²) in [6, 6.07) is 0. The van der Waals surface area contributed by atoms with Gasteiger partial charge in [0, 0.05) is 12.6 Å². The van der Waals surface area contributed by atoms with E-state index < -0.39 is 0 Å². The summed E-state index contributed by atoms with van der Waals surface area (Å²) in [5, 5.41) is 0. The minimum absolute atomic E-state index is 0.111. The van der Waals surface area contributed by atoms with E-state index in [1.165, 1.54) is 0 Å². The average Bonchev–Trinajstić information content (AvgIpc) is 2.23. The van der Waals surface area contributed by atoms with E-state index in [2.05, 4.69) is 29.9 Å². The summed E-state index contributed by atoms with van der Waals surface area (Å²) in [5.41, 5.74) is 5.83. The SMILES string of the molecule is C/C=C\C(=C/C/C=C/CC)C(=O)NNC. The molecule has 0 aliphatic heterocycles. The number of nitrogens with one attached hydrogen (secondary N) is 2. The number of rotatable bonds is 6. The minimum atomic E-state index is -0.111. The first-order chi connectivity index (χ1) is 7.26. The molecule has 0 fully saturated rings. The lowest BCUT2D eigenvalue weighted by Crippen LogP contribution is -2.34. The van der Waals surface area contributed by atoms with Crippen LogP contribution in [0.3, 0.4) is 0 Å². The molecule has 1 amide bonds. The number of hydrazine groups is 1. The fourth-order valence-corrected chi connectivity index (χ4v) is 1.06. The second-order valence-electron chi connectivity index (χ2n) is 2.98.